The average Bonchev–Trinajstić information content (AvgIpc) is 3.90. The Labute approximate surface area is 278 Å². The van der Waals surface area contributed by atoms with Crippen LogP contribution in [-0.2, 0) is 26.0 Å². The number of hydrogen-bond acceptors (Lipinski definition) is 11. The number of amides is 1. The molecule has 4 aliphatic rings. The minimum atomic E-state index is -1.00. The van der Waals surface area contributed by atoms with Gasteiger partial charge in [-0.1, -0.05) is 56.3 Å². The molecule has 4 atom stereocenters. The highest BCUT2D eigenvalue weighted by Crippen LogP contribution is 2.61. The number of hydrogen-bond donors (Lipinski definition) is 5. The average molecular weight is 661 g/mol. The van der Waals surface area contributed by atoms with Gasteiger partial charge in [0, 0.05) is 58.0 Å². The number of nitrogens with zero attached hydrogens (tertiary/aromatic N) is 2. The van der Waals surface area contributed by atoms with Gasteiger partial charge in [-0.05, 0) is 35.6 Å². The number of fused-ring (bicyclic) bond motifs is 7. The van der Waals surface area contributed by atoms with Crippen molar-refractivity contribution in [2.75, 3.05) is 5.32 Å². The van der Waals surface area contributed by atoms with Crippen molar-refractivity contribution in [3.63, 3.8) is 0 Å². The lowest BCUT2D eigenvalue weighted by Crippen LogP contribution is -2.47. The molecule has 0 aliphatic carbocycles. The van der Waals surface area contributed by atoms with E-state index in [0.29, 0.717) is 34.7 Å². The van der Waals surface area contributed by atoms with Crippen molar-refractivity contribution >= 4 is 35.4 Å². The van der Waals surface area contributed by atoms with Crippen LogP contribution in [0.15, 0.2) is 75.8 Å². The van der Waals surface area contributed by atoms with Crippen molar-refractivity contribution in [1.82, 2.24) is 25.7 Å². The van der Waals surface area contributed by atoms with Crippen molar-refractivity contribution in [1.29, 1.82) is 0 Å². The van der Waals surface area contributed by atoms with Crippen LogP contribution in [0.2, 0.25) is 0 Å². The molecule has 0 fully saturated rings. The van der Waals surface area contributed by atoms with E-state index in [4.69, 9.17) is 28.5 Å². The van der Waals surface area contributed by atoms with Crippen LogP contribution in [0.5, 0.6) is 5.75 Å². The summed E-state index contributed by atoms with van der Waals surface area (Å²) in [5.74, 6) is 1.98. The fraction of sp³-hybridized carbons (Fsp3) is 0.229. The molecule has 0 saturated carbocycles. The van der Waals surface area contributed by atoms with Gasteiger partial charge in [-0.3, -0.25) is 4.79 Å². The van der Waals surface area contributed by atoms with Crippen LogP contribution in [0.4, 0.5) is 5.69 Å². The number of aromatic amines is 1. The van der Waals surface area contributed by atoms with Crippen LogP contribution >= 0.6 is 12.9 Å². The maximum absolute atomic E-state index is 13.8. The molecular weight excluding hydrogens is 632 g/mol. The first kappa shape index (κ1) is 28.0. The number of anilines is 1. The Morgan fingerprint density at radius 2 is 1.92 bits per heavy atom. The van der Waals surface area contributed by atoms with E-state index in [1.54, 1.807) is 6.20 Å². The van der Waals surface area contributed by atoms with Crippen LogP contribution in [0.25, 0.3) is 44.9 Å². The van der Waals surface area contributed by atoms with E-state index in [-0.39, 0.29) is 18.2 Å². The van der Waals surface area contributed by atoms with Crippen molar-refractivity contribution in [2.24, 2.45) is 5.92 Å². The lowest BCUT2D eigenvalue weighted by Gasteiger charge is -2.28. The van der Waals surface area contributed by atoms with Crippen LogP contribution in [0.3, 0.4) is 0 Å². The summed E-state index contributed by atoms with van der Waals surface area (Å²) in [5.41, 5.74) is 9.66. The molecule has 0 saturated heterocycles. The van der Waals surface area contributed by atoms with E-state index in [1.807, 2.05) is 38.2 Å². The Hall–Kier alpha value is -5.08. The van der Waals surface area contributed by atoms with Gasteiger partial charge in [0.25, 0.3) is 0 Å². The largest absolute Gasteiger partial charge is 0.469 e. The molecule has 3 aromatic carbocycles. The fourth-order valence-corrected chi connectivity index (χ4v) is 7.96. The monoisotopic (exact) mass is 660 g/mol. The Bertz CT molecular complexity index is 2310. The van der Waals surface area contributed by atoms with Gasteiger partial charge in [-0.25, -0.2) is 9.97 Å². The first-order valence-electron chi connectivity index (χ1n) is 15.8. The predicted octanol–water partition coefficient (Wildman–Crippen LogP) is 5.97. The van der Waals surface area contributed by atoms with Gasteiger partial charge < -0.3 is 29.2 Å². The summed E-state index contributed by atoms with van der Waals surface area (Å²) in [6, 6.07) is 17.0. The maximum atomic E-state index is 13.8. The van der Waals surface area contributed by atoms with Crippen molar-refractivity contribution in [2.45, 2.75) is 44.0 Å². The molecule has 12 nitrogen and oxygen atoms in total. The number of nitrogens with one attached hydrogen (secondary N) is 4. The number of aromatic nitrogens is 3. The standard InChI is InChI=1S/C35H28N6O6S/c1-15(2)27-33-39-29-30(45-33)35-20-7-3-6-18(17-5-4-8-22-26(17)19(13-36-22)25-14-37-32(29)43-25)28(20)40-34(35)44-24-10-9-16(11-21(24)35)12-23(31(42)38-27)41-46-47-48/h3-11,13-15,23,27,34,36,40-41,48H,12H2,1-2H3,(H,38,42)/t23-,27-,34?,35?/m0/s1. The van der Waals surface area contributed by atoms with Crippen molar-refractivity contribution in [3.05, 3.63) is 95.3 Å². The Balaban J connectivity index is 1.34. The van der Waals surface area contributed by atoms with Gasteiger partial charge in [0.05, 0.1) is 6.20 Å². The summed E-state index contributed by atoms with van der Waals surface area (Å²) in [7, 11) is 0. The molecule has 13 heteroatoms. The highest BCUT2D eigenvalue weighted by molar-refractivity contribution is 7.74. The first-order chi connectivity index (χ1) is 23.4. The number of carbonyl (C=O) groups excluding carboxylic acids is 1. The Morgan fingerprint density at radius 3 is 2.79 bits per heavy atom. The number of ether oxygens (including phenoxy) is 1. The first-order valence-corrected chi connectivity index (χ1v) is 16.1. The zero-order valence-corrected chi connectivity index (χ0v) is 26.6. The third-order valence-electron chi connectivity index (χ3n) is 10.1. The smallest absolute Gasteiger partial charge is 0.249 e. The van der Waals surface area contributed by atoms with E-state index in [0.717, 1.165) is 50.0 Å². The van der Waals surface area contributed by atoms with Gasteiger partial charge >= 0.3 is 0 Å². The third-order valence-corrected chi connectivity index (χ3v) is 10.1. The van der Waals surface area contributed by atoms with E-state index in [1.165, 1.54) is 0 Å². The molecule has 4 N–H and O–H groups in total. The molecule has 48 heavy (non-hydrogen) atoms. The van der Waals surface area contributed by atoms with E-state index >= 15 is 0 Å². The molecule has 0 radical (unpaired) electrons. The predicted molar refractivity (Wildman–Crippen MR) is 177 cm³/mol. The zero-order chi connectivity index (χ0) is 32.3. The summed E-state index contributed by atoms with van der Waals surface area (Å²) in [6.07, 6.45) is 3.36. The van der Waals surface area contributed by atoms with E-state index in [9.17, 15) is 4.79 Å². The molecule has 1 spiro atoms. The minimum absolute atomic E-state index is 0.106. The summed E-state index contributed by atoms with van der Waals surface area (Å²) in [5, 5.41) is 7.92. The summed E-state index contributed by atoms with van der Waals surface area (Å²) < 4.78 is 24.8. The summed E-state index contributed by atoms with van der Waals surface area (Å²) in [4.78, 5) is 32.0. The number of rotatable bonds is 4. The molecule has 10 rings (SSSR count). The van der Waals surface area contributed by atoms with Crippen LogP contribution in [-0.4, -0.2) is 33.1 Å². The molecule has 3 aromatic heterocycles. The number of thiol groups is 1. The fourth-order valence-electron chi connectivity index (χ4n) is 7.92. The van der Waals surface area contributed by atoms with Gasteiger partial charge in [0.15, 0.2) is 23.4 Å². The number of para-hydroxylation sites is 1. The van der Waals surface area contributed by atoms with Gasteiger partial charge in [0.2, 0.25) is 17.7 Å². The molecule has 7 heterocycles. The zero-order valence-electron chi connectivity index (χ0n) is 25.7. The van der Waals surface area contributed by atoms with Gasteiger partial charge in [0.1, 0.15) is 23.2 Å². The molecule has 6 aromatic rings. The SMILES string of the molecule is CC(C)[C@@H]1NC(=O)[C@@H](NOOS)Cc2ccc3c(c2)C24c5cccc(c5NC2O3)-c2cccc3[nH]cc(c23)-c2cnc(o2)-c2nc1oc24. The topological polar surface area (TPSA) is 149 Å². The van der Waals surface area contributed by atoms with Crippen LogP contribution in [0.1, 0.15) is 48.2 Å². The van der Waals surface area contributed by atoms with Crippen molar-refractivity contribution < 1.29 is 27.7 Å². The Morgan fingerprint density at radius 1 is 1.04 bits per heavy atom. The minimum Gasteiger partial charge on any atom is -0.469 e. The molecule has 240 valence electrons. The second-order valence-corrected chi connectivity index (χ2v) is 13.1. The normalized spacial score (nSPS) is 22.8. The highest BCUT2D eigenvalue weighted by atomic mass is 32.1. The van der Waals surface area contributed by atoms with Crippen molar-refractivity contribution in [3.8, 4) is 39.8 Å². The number of carbonyl (C=O) groups is 1. The van der Waals surface area contributed by atoms with Gasteiger partial charge in [-0.2, -0.15) is 5.48 Å². The van der Waals surface area contributed by atoms with Crippen LogP contribution < -0.4 is 20.9 Å². The lowest BCUT2D eigenvalue weighted by molar-refractivity contribution is -0.250. The lowest BCUT2D eigenvalue weighted by atomic mass is 9.72. The van der Waals surface area contributed by atoms with Gasteiger partial charge in [-0.15, -0.1) is 9.32 Å². The molecule has 2 unspecified atom stereocenters. The summed E-state index contributed by atoms with van der Waals surface area (Å²) >= 11 is 3.68. The molecule has 1 amide bonds. The second-order valence-electron chi connectivity index (χ2n) is 13.0. The van der Waals surface area contributed by atoms with E-state index in [2.05, 4.69) is 74.7 Å². The number of oxazole rings is 2. The molecule has 4 aliphatic heterocycles. The van der Waals surface area contributed by atoms with Crippen LogP contribution in [0, 0.1) is 5.92 Å². The number of hydroxylamine groups is 1. The van der Waals surface area contributed by atoms with E-state index < -0.39 is 23.7 Å². The molecule has 10 bridgehead atoms. The second kappa shape index (κ2) is 9.97. The highest BCUT2D eigenvalue weighted by Gasteiger charge is 2.61. The maximum Gasteiger partial charge on any atom is 0.249 e. The Kier molecular flexibility index (Phi) is 5.81. The molecular formula is C35H28N6O6S. The summed E-state index contributed by atoms with van der Waals surface area (Å²) in [6.45, 7) is 3.99. The number of benzene rings is 3. The third kappa shape index (κ3) is 3.64. The number of H-pyrrole nitrogens is 1. The quantitative estimate of drug-likeness (QED) is 0.0663.